The Morgan fingerprint density at radius 1 is 0.400 bits per heavy atom. The van der Waals surface area contributed by atoms with Gasteiger partial charge in [-0.2, -0.15) is 0 Å². The highest BCUT2D eigenvalue weighted by molar-refractivity contribution is 9.10. The van der Waals surface area contributed by atoms with E-state index < -0.39 is 47.2 Å². The van der Waals surface area contributed by atoms with Crippen LogP contribution < -0.4 is 0 Å². The molecule has 0 saturated heterocycles. The second kappa shape index (κ2) is 34.6. The summed E-state index contributed by atoms with van der Waals surface area (Å²) in [4.78, 5) is 0. The van der Waals surface area contributed by atoms with Crippen LogP contribution in [0, 0.1) is 6.92 Å². The molecule has 0 spiro atoms. The lowest BCUT2D eigenvalue weighted by atomic mass is 10.1. The lowest BCUT2D eigenvalue weighted by Gasteiger charge is -2.39. The molecular formula is C56H89Br4Cl3O8Si4. The maximum absolute atomic E-state index is 6.79. The Morgan fingerprint density at radius 2 is 0.693 bits per heavy atom. The van der Waals surface area contributed by atoms with E-state index in [1.54, 1.807) is 0 Å². The molecule has 0 bridgehead atoms. The van der Waals surface area contributed by atoms with Gasteiger partial charge in [-0.25, -0.2) is 0 Å². The van der Waals surface area contributed by atoms with Crippen LogP contribution in [0.15, 0.2) is 97.1 Å². The van der Waals surface area contributed by atoms with Crippen molar-refractivity contribution in [3.8, 4) is 0 Å². The van der Waals surface area contributed by atoms with Crippen molar-refractivity contribution in [3.63, 3.8) is 0 Å². The van der Waals surface area contributed by atoms with Crippen LogP contribution in [0.2, 0.25) is 26.2 Å². The molecule has 8 nitrogen and oxygen atoms in total. The van der Waals surface area contributed by atoms with Crippen LogP contribution in [-0.2, 0) is 68.8 Å². The maximum atomic E-state index is 6.79. The van der Waals surface area contributed by atoms with Gasteiger partial charge in [-0.15, -0.1) is 34.8 Å². The first kappa shape index (κ1) is 73.2. The van der Waals surface area contributed by atoms with Crippen molar-refractivity contribution in [1.29, 1.82) is 0 Å². The van der Waals surface area contributed by atoms with Gasteiger partial charge in [0.1, 0.15) is 8.44 Å². The van der Waals surface area contributed by atoms with Crippen molar-refractivity contribution < 1.29 is 35.4 Å². The number of hydrogen-bond acceptors (Lipinski definition) is 8. The summed E-state index contributed by atoms with van der Waals surface area (Å²) in [6, 6.07) is 33.4. The van der Waals surface area contributed by atoms with Gasteiger partial charge in [0, 0.05) is 69.4 Å². The van der Waals surface area contributed by atoms with Crippen molar-refractivity contribution in [2.45, 2.75) is 150 Å². The summed E-state index contributed by atoms with van der Waals surface area (Å²) < 4.78 is 46.0. The minimum Gasteiger partial charge on any atom is -0.416 e. The van der Waals surface area contributed by atoms with E-state index in [1.165, 1.54) is 22.3 Å². The molecule has 4 aromatic rings. The molecule has 0 N–H and O–H groups in total. The fourth-order valence-corrected chi connectivity index (χ4v) is 21.3. The molecule has 4 atom stereocenters. The van der Waals surface area contributed by atoms with Crippen LogP contribution in [0.4, 0.5) is 0 Å². The summed E-state index contributed by atoms with van der Waals surface area (Å²) >= 11 is 33.9. The predicted octanol–water partition coefficient (Wildman–Crippen LogP) is 18.4. The topological polar surface area (TPSA) is 73.8 Å². The Balaban J connectivity index is 0.000000501. The smallest absolute Gasteiger partial charge is 0.416 e. The summed E-state index contributed by atoms with van der Waals surface area (Å²) in [5, 5.41) is 1.72. The van der Waals surface area contributed by atoms with Crippen molar-refractivity contribution in [2.24, 2.45) is 0 Å². The van der Waals surface area contributed by atoms with Gasteiger partial charge in [0.2, 0.25) is 8.32 Å². The van der Waals surface area contributed by atoms with Gasteiger partial charge in [-0.3, -0.25) is 0 Å². The molecule has 19 heteroatoms. The SMILES string of the molecule is CCO[Si](C)(C)C(C)(Cl)c1ccc(CCl)cc1.CCO[Si](C)(OCC)C(C)(Br)c1ccc(CBr)cc1.CCO[Si](C)(OCC)C(C)(Cl)c1ccc(C)cc1.CCO[Si](OCC)(OCC)C(C)(Br)c1ccc(CBr)cc1. The fraction of sp³-hybridized carbons (Fsp3) is 0.571. The number of hydrogen-bond donors (Lipinski definition) is 0. The standard InChI is InChI=1S/C15H24Br2O3Si.C14H22Br2O2Si.C14H23ClO2Si.C13H20Cl2OSi/c1-5-18-21(19-6-2,20-7-3)15(4,17)14-10-8-13(12-16)9-11-14;1-5-17-19(4,18-6-2)14(3,16)13-9-7-12(11-15)8-10-13;1-6-16-18(5,17-7-2)14(4,15)13-10-8-12(3)9-11-13;1-5-16-17(3,4)13(2,15)12-8-6-11(10-14)7-9-12/h8-11H,5-7,12H2,1-4H3;7-10H,5-6,11H2,1-4H3;8-11H,6-7H2,1-5H3;6-9H,5,10H2,1-4H3. The van der Waals surface area contributed by atoms with E-state index in [1.807, 2.05) is 87.9 Å². The second-order valence-corrected chi connectivity index (χ2v) is 41.2. The van der Waals surface area contributed by atoms with Crippen molar-refractivity contribution in [2.75, 3.05) is 52.9 Å². The first-order valence-corrected chi connectivity index (χ1v) is 40.4. The Bertz CT molecular complexity index is 2150. The van der Waals surface area contributed by atoms with E-state index in [-0.39, 0.29) is 3.95 Å². The van der Waals surface area contributed by atoms with Crippen LogP contribution in [0.5, 0.6) is 0 Å². The zero-order valence-electron chi connectivity index (χ0n) is 47.9. The monoisotopic (exact) mass is 1420 g/mol. The molecule has 0 amide bonds. The molecule has 4 unspecified atom stereocenters. The van der Waals surface area contributed by atoms with Crippen LogP contribution in [-0.4, -0.2) is 87.1 Å². The minimum atomic E-state index is -2.89. The summed E-state index contributed by atoms with van der Waals surface area (Å²) in [6.07, 6.45) is 0. The molecule has 0 aliphatic carbocycles. The molecule has 0 aliphatic rings. The molecule has 426 valence electrons. The molecule has 0 aromatic heterocycles. The Hall–Kier alpha value is 0.218. The van der Waals surface area contributed by atoms with Crippen molar-refractivity contribution >= 4 is 133 Å². The quantitative estimate of drug-likeness (QED) is 0.0432. The third kappa shape index (κ3) is 20.3. The summed E-state index contributed by atoms with van der Waals surface area (Å²) in [7, 11) is -9.66. The van der Waals surface area contributed by atoms with Gasteiger partial charge in [0.25, 0.3) is 0 Å². The molecule has 0 aliphatic heterocycles. The van der Waals surface area contributed by atoms with E-state index in [0.29, 0.717) is 58.7 Å². The Morgan fingerprint density at radius 3 is 1.03 bits per heavy atom. The van der Waals surface area contributed by atoms with Gasteiger partial charge < -0.3 is 35.4 Å². The van der Waals surface area contributed by atoms with E-state index in [2.05, 4.69) is 189 Å². The third-order valence-electron chi connectivity index (χ3n) is 13.1. The largest absolute Gasteiger partial charge is 0.522 e. The van der Waals surface area contributed by atoms with E-state index in [4.69, 9.17) is 70.2 Å². The third-order valence-corrected chi connectivity index (χ3v) is 36.5. The molecular weight excluding hydrogens is 1340 g/mol. The second-order valence-electron chi connectivity index (χ2n) is 18.8. The fourth-order valence-electron chi connectivity index (χ4n) is 7.96. The van der Waals surface area contributed by atoms with Crippen LogP contribution in [0.3, 0.4) is 0 Å². The molecule has 4 rings (SSSR count). The number of benzene rings is 4. The lowest BCUT2D eigenvalue weighted by molar-refractivity contribution is 0.0600. The Labute approximate surface area is 507 Å². The average molecular weight is 1430 g/mol. The molecule has 0 fully saturated rings. The highest BCUT2D eigenvalue weighted by atomic mass is 79.9. The highest BCUT2D eigenvalue weighted by Gasteiger charge is 2.58. The zero-order valence-corrected chi connectivity index (χ0v) is 60.5. The number of aryl methyl sites for hydroxylation is 1. The number of halogens is 7. The van der Waals surface area contributed by atoms with Crippen LogP contribution in [0.25, 0.3) is 0 Å². The van der Waals surface area contributed by atoms with E-state index >= 15 is 0 Å². The molecule has 75 heavy (non-hydrogen) atoms. The minimum absolute atomic E-state index is 0.267. The van der Waals surface area contributed by atoms with Gasteiger partial charge in [0.15, 0.2) is 0 Å². The summed E-state index contributed by atoms with van der Waals surface area (Å²) in [5.74, 6) is 0.533. The number of rotatable bonds is 27. The summed E-state index contributed by atoms with van der Waals surface area (Å²) in [5.41, 5.74) is 9.31. The summed E-state index contributed by atoms with van der Waals surface area (Å²) in [6.45, 7) is 39.7. The molecule has 4 aromatic carbocycles. The first-order chi connectivity index (χ1) is 35.1. The van der Waals surface area contributed by atoms with Gasteiger partial charge in [0.05, 0.1) is 8.44 Å². The van der Waals surface area contributed by atoms with Gasteiger partial charge >= 0.3 is 25.9 Å². The molecule has 0 heterocycles. The van der Waals surface area contributed by atoms with Crippen molar-refractivity contribution in [1.82, 2.24) is 0 Å². The maximum Gasteiger partial charge on any atom is 0.522 e. The Kier molecular flexibility index (Phi) is 33.8. The number of alkyl halides is 7. The van der Waals surface area contributed by atoms with E-state index in [0.717, 1.165) is 32.9 Å². The predicted molar refractivity (Wildman–Crippen MR) is 344 cm³/mol. The van der Waals surface area contributed by atoms with Gasteiger partial charge in [-0.1, -0.05) is 166 Å². The lowest BCUT2D eigenvalue weighted by Crippen LogP contribution is -2.59. The van der Waals surface area contributed by atoms with Gasteiger partial charge in [-0.05, 0) is 155 Å². The zero-order chi connectivity index (χ0) is 57.4. The van der Waals surface area contributed by atoms with Crippen molar-refractivity contribution in [3.05, 3.63) is 142 Å². The normalized spacial score (nSPS) is 15.3. The highest BCUT2D eigenvalue weighted by Crippen LogP contribution is 2.44. The first-order valence-electron chi connectivity index (χ1n) is 26.0. The van der Waals surface area contributed by atoms with E-state index in [9.17, 15) is 0 Å². The molecule has 0 radical (unpaired) electrons. The average Bonchev–Trinajstić information content (AvgIpc) is 3.37. The van der Waals surface area contributed by atoms with Crippen LogP contribution >= 0.6 is 98.5 Å². The van der Waals surface area contributed by atoms with Crippen LogP contribution in [0.1, 0.15) is 128 Å². The molecule has 0 saturated carbocycles.